The lowest BCUT2D eigenvalue weighted by molar-refractivity contribution is -0.123. The maximum absolute atomic E-state index is 12.1. The molecule has 0 unspecified atom stereocenters. The Bertz CT molecular complexity index is 1080. The van der Waals surface area contributed by atoms with Gasteiger partial charge in [-0.1, -0.05) is 36.4 Å². The highest BCUT2D eigenvalue weighted by Crippen LogP contribution is 2.37. The Morgan fingerprint density at radius 1 is 0.906 bits per heavy atom. The smallest absolute Gasteiger partial charge is 0.277 e. The van der Waals surface area contributed by atoms with Crippen molar-refractivity contribution in [1.29, 1.82) is 0 Å². The van der Waals surface area contributed by atoms with Gasteiger partial charge in [0.1, 0.15) is 5.75 Å². The molecule has 0 radical (unpaired) electrons. The largest absolute Gasteiger partial charge is 0.493 e. The summed E-state index contributed by atoms with van der Waals surface area (Å²) in [5.74, 6) is 1.63. The van der Waals surface area contributed by atoms with E-state index in [1.54, 1.807) is 12.1 Å². The fourth-order valence-electron chi connectivity index (χ4n) is 2.96. The normalized spacial score (nSPS) is 10.6. The highest BCUT2D eigenvalue weighted by Gasteiger charge is 2.12. The number of carbonyl (C=O) groups excluding carboxylic acids is 1. The molecule has 0 bridgehead atoms. The van der Waals surface area contributed by atoms with Crippen LogP contribution in [0.25, 0.3) is 11.1 Å². The number of amides is 1. The second-order valence-corrected chi connectivity index (χ2v) is 7.41. The summed E-state index contributed by atoms with van der Waals surface area (Å²) in [4.78, 5) is 12.1. The van der Waals surface area contributed by atoms with Gasteiger partial charge in [0, 0.05) is 5.56 Å². The van der Waals surface area contributed by atoms with E-state index in [4.69, 9.17) is 18.9 Å². The number of hydrazone groups is 1. The van der Waals surface area contributed by atoms with Crippen molar-refractivity contribution in [2.75, 3.05) is 27.9 Å². The molecule has 0 spiro atoms. The zero-order valence-electron chi connectivity index (χ0n) is 17.9. The minimum atomic E-state index is -0.396. The second-order valence-electron chi connectivity index (χ2n) is 6.55. The Labute approximate surface area is 195 Å². The van der Waals surface area contributed by atoms with Gasteiger partial charge in [0.2, 0.25) is 5.75 Å². The van der Waals surface area contributed by atoms with Crippen molar-refractivity contribution >= 4 is 28.1 Å². The molecule has 1 amide bonds. The highest BCUT2D eigenvalue weighted by atomic mass is 79.9. The molecule has 0 saturated carbocycles. The number of hydrogen-bond acceptors (Lipinski definition) is 6. The highest BCUT2D eigenvalue weighted by molar-refractivity contribution is 9.10. The van der Waals surface area contributed by atoms with Crippen LogP contribution in [0.15, 0.2) is 70.2 Å². The van der Waals surface area contributed by atoms with Crippen molar-refractivity contribution in [3.05, 3.63) is 70.7 Å². The van der Waals surface area contributed by atoms with Gasteiger partial charge in [-0.2, -0.15) is 5.10 Å². The molecular weight excluding hydrogens is 476 g/mol. The first kappa shape index (κ1) is 23.1. The first-order chi connectivity index (χ1) is 15.5. The molecule has 0 aliphatic carbocycles. The van der Waals surface area contributed by atoms with E-state index in [0.717, 1.165) is 15.6 Å². The summed E-state index contributed by atoms with van der Waals surface area (Å²) in [6, 6.07) is 19.1. The van der Waals surface area contributed by atoms with Crippen LogP contribution in [-0.4, -0.2) is 40.1 Å². The van der Waals surface area contributed by atoms with Crippen LogP contribution in [-0.2, 0) is 4.79 Å². The van der Waals surface area contributed by atoms with Crippen molar-refractivity contribution in [3.8, 4) is 34.1 Å². The summed E-state index contributed by atoms with van der Waals surface area (Å²) in [5.41, 5.74) is 5.25. The van der Waals surface area contributed by atoms with Crippen molar-refractivity contribution in [2.45, 2.75) is 0 Å². The van der Waals surface area contributed by atoms with Crippen LogP contribution in [0.3, 0.4) is 0 Å². The third-order valence-corrected chi connectivity index (χ3v) is 5.11. The van der Waals surface area contributed by atoms with Crippen LogP contribution >= 0.6 is 15.9 Å². The number of methoxy groups -OCH3 is 3. The molecule has 3 rings (SSSR count). The monoisotopic (exact) mass is 498 g/mol. The number of rotatable bonds is 9. The fraction of sp³-hybridized carbons (Fsp3) is 0.167. The zero-order chi connectivity index (χ0) is 22.9. The quantitative estimate of drug-likeness (QED) is 0.342. The van der Waals surface area contributed by atoms with Gasteiger partial charge in [-0.05, 0) is 51.3 Å². The van der Waals surface area contributed by atoms with Gasteiger partial charge in [-0.25, -0.2) is 5.43 Å². The third kappa shape index (κ3) is 5.79. The molecule has 0 heterocycles. The number of carbonyl (C=O) groups is 1. The summed E-state index contributed by atoms with van der Waals surface area (Å²) in [5, 5.41) is 3.97. The number of hydrogen-bond donors (Lipinski definition) is 1. The molecule has 8 heteroatoms. The first-order valence-electron chi connectivity index (χ1n) is 9.65. The molecule has 0 saturated heterocycles. The van der Waals surface area contributed by atoms with Gasteiger partial charge in [0.15, 0.2) is 18.1 Å². The first-order valence-corrected chi connectivity index (χ1v) is 10.4. The summed E-state index contributed by atoms with van der Waals surface area (Å²) < 4.78 is 22.3. The Morgan fingerprint density at radius 2 is 1.59 bits per heavy atom. The van der Waals surface area contributed by atoms with Crippen LogP contribution in [0.1, 0.15) is 5.56 Å². The van der Waals surface area contributed by atoms with E-state index in [0.29, 0.717) is 28.6 Å². The molecular formula is C24H23BrN2O5. The lowest BCUT2D eigenvalue weighted by Gasteiger charge is -2.12. The molecule has 0 aliphatic rings. The number of benzene rings is 3. The predicted octanol–water partition coefficient (Wildman–Crippen LogP) is 4.67. The van der Waals surface area contributed by atoms with Crippen LogP contribution in [0, 0.1) is 0 Å². The standard InChI is InChI=1S/C24H23BrN2O5/c1-29-21-11-16(12-22(30-2)24(21)31-3)14-26-27-23(28)15-32-20-10-9-18(13-19(20)25)17-7-5-4-6-8-17/h4-14H,15H2,1-3H3,(H,27,28)/b26-14+. The van der Waals surface area contributed by atoms with E-state index >= 15 is 0 Å². The number of nitrogens with zero attached hydrogens (tertiary/aromatic N) is 1. The van der Waals surface area contributed by atoms with Gasteiger partial charge in [0.25, 0.3) is 5.91 Å². The second kappa shape index (κ2) is 11.2. The Morgan fingerprint density at radius 3 is 2.19 bits per heavy atom. The summed E-state index contributed by atoms with van der Waals surface area (Å²) in [6.07, 6.45) is 1.48. The van der Waals surface area contributed by atoms with Crippen LogP contribution in [0.2, 0.25) is 0 Å². The van der Waals surface area contributed by atoms with E-state index in [1.807, 2.05) is 48.5 Å². The number of nitrogens with one attached hydrogen (secondary N) is 1. The lowest BCUT2D eigenvalue weighted by atomic mass is 10.1. The van der Waals surface area contributed by atoms with Crippen molar-refractivity contribution < 1.29 is 23.7 Å². The summed E-state index contributed by atoms with van der Waals surface area (Å²) in [7, 11) is 4.59. The van der Waals surface area contributed by atoms with Gasteiger partial charge in [-0.15, -0.1) is 0 Å². The molecule has 32 heavy (non-hydrogen) atoms. The van der Waals surface area contributed by atoms with E-state index in [-0.39, 0.29) is 6.61 Å². The molecule has 3 aromatic carbocycles. The average molecular weight is 499 g/mol. The number of halogens is 1. The van der Waals surface area contributed by atoms with Crippen LogP contribution in [0.4, 0.5) is 0 Å². The van der Waals surface area contributed by atoms with E-state index in [2.05, 4.69) is 26.5 Å². The van der Waals surface area contributed by atoms with E-state index < -0.39 is 5.91 Å². The Hall–Kier alpha value is -3.52. The van der Waals surface area contributed by atoms with E-state index in [1.165, 1.54) is 27.5 Å². The zero-order valence-corrected chi connectivity index (χ0v) is 19.5. The van der Waals surface area contributed by atoms with Gasteiger partial charge in [0.05, 0.1) is 32.0 Å². The topological polar surface area (TPSA) is 78.4 Å². The third-order valence-electron chi connectivity index (χ3n) is 4.49. The van der Waals surface area contributed by atoms with Crippen LogP contribution < -0.4 is 24.4 Å². The molecule has 166 valence electrons. The molecule has 7 nitrogen and oxygen atoms in total. The van der Waals surface area contributed by atoms with Crippen molar-refractivity contribution in [3.63, 3.8) is 0 Å². The van der Waals surface area contributed by atoms with Gasteiger partial charge in [-0.3, -0.25) is 4.79 Å². The lowest BCUT2D eigenvalue weighted by Crippen LogP contribution is -2.24. The SMILES string of the molecule is COc1cc(/C=N/NC(=O)COc2ccc(-c3ccccc3)cc2Br)cc(OC)c1OC. The maximum Gasteiger partial charge on any atom is 0.277 e. The minimum Gasteiger partial charge on any atom is -0.493 e. The van der Waals surface area contributed by atoms with Crippen molar-refractivity contribution in [1.82, 2.24) is 5.43 Å². The fourth-order valence-corrected chi connectivity index (χ4v) is 3.45. The van der Waals surface area contributed by atoms with E-state index in [9.17, 15) is 4.79 Å². The molecule has 0 atom stereocenters. The molecule has 1 N–H and O–H groups in total. The summed E-state index contributed by atoms with van der Waals surface area (Å²) >= 11 is 3.50. The maximum atomic E-state index is 12.1. The summed E-state index contributed by atoms with van der Waals surface area (Å²) in [6.45, 7) is -0.185. The Balaban J connectivity index is 1.58. The molecule has 0 aromatic heterocycles. The molecule has 0 fully saturated rings. The van der Waals surface area contributed by atoms with Gasteiger partial charge < -0.3 is 18.9 Å². The average Bonchev–Trinajstić information content (AvgIpc) is 2.83. The van der Waals surface area contributed by atoms with Gasteiger partial charge >= 0.3 is 0 Å². The number of ether oxygens (including phenoxy) is 4. The molecule has 3 aromatic rings. The predicted molar refractivity (Wildman–Crippen MR) is 127 cm³/mol. The minimum absolute atomic E-state index is 0.185. The van der Waals surface area contributed by atoms with Crippen LogP contribution in [0.5, 0.6) is 23.0 Å². The Kier molecular flexibility index (Phi) is 8.10. The molecule has 0 aliphatic heterocycles. The van der Waals surface area contributed by atoms with Crippen molar-refractivity contribution in [2.24, 2.45) is 5.10 Å².